The van der Waals surface area contributed by atoms with Crippen LogP contribution >= 0.6 is 24.0 Å². The van der Waals surface area contributed by atoms with Gasteiger partial charge in [0.05, 0.1) is 16.1 Å². The van der Waals surface area contributed by atoms with Gasteiger partial charge in [0, 0.05) is 0 Å². The number of hydrogen-bond acceptors (Lipinski definition) is 3. The SMILES string of the molecule is CCCCC(C(=O)S)c1nc2ccccc2s1. The molecule has 4 heteroatoms. The molecule has 17 heavy (non-hydrogen) atoms. The first-order valence-corrected chi connectivity index (χ1v) is 7.07. The molecule has 0 aliphatic heterocycles. The predicted octanol–water partition coefficient (Wildman–Crippen LogP) is 4.03. The van der Waals surface area contributed by atoms with Gasteiger partial charge in [-0.05, 0) is 18.6 Å². The van der Waals surface area contributed by atoms with Crippen LogP contribution in [0.1, 0.15) is 37.1 Å². The minimum atomic E-state index is -0.143. The van der Waals surface area contributed by atoms with Crippen LogP contribution < -0.4 is 0 Å². The van der Waals surface area contributed by atoms with Gasteiger partial charge in [0.25, 0.3) is 0 Å². The molecule has 0 N–H and O–H groups in total. The van der Waals surface area contributed by atoms with E-state index in [4.69, 9.17) is 0 Å². The normalized spacial score (nSPS) is 12.8. The fourth-order valence-electron chi connectivity index (χ4n) is 1.80. The van der Waals surface area contributed by atoms with Crippen LogP contribution in [0.2, 0.25) is 0 Å². The van der Waals surface area contributed by atoms with Crippen LogP contribution in [0.3, 0.4) is 0 Å². The summed E-state index contributed by atoms with van der Waals surface area (Å²) in [7, 11) is 0. The van der Waals surface area contributed by atoms with E-state index in [0.29, 0.717) is 0 Å². The molecule has 1 unspecified atom stereocenters. The Kier molecular flexibility index (Phi) is 4.18. The van der Waals surface area contributed by atoms with E-state index in [-0.39, 0.29) is 11.0 Å². The van der Waals surface area contributed by atoms with E-state index >= 15 is 0 Å². The van der Waals surface area contributed by atoms with Crippen LogP contribution in [0.25, 0.3) is 10.2 Å². The van der Waals surface area contributed by atoms with Crippen molar-refractivity contribution in [2.75, 3.05) is 0 Å². The van der Waals surface area contributed by atoms with Crippen LogP contribution in [0.5, 0.6) is 0 Å². The summed E-state index contributed by atoms with van der Waals surface area (Å²) in [6.07, 6.45) is 2.97. The average molecular weight is 265 g/mol. The number of rotatable bonds is 5. The molecule has 0 fully saturated rings. The highest BCUT2D eigenvalue weighted by atomic mass is 32.1. The van der Waals surface area contributed by atoms with Crippen LogP contribution in [-0.2, 0) is 4.79 Å². The van der Waals surface area contributed by atoms with Gasteiger partial charge in [0.1, 0.15) is 5.01 Å². The molecule has 0 saturated carbocycles. The van der Waals surface area contributed by atoms with Crippen molar-refractivity contribution in [1.82, 2.24) is 4.98 Å². The fraction of sp³-hybridized carbons (Fsp3) is 0.385. The minimum Gasteiger partial charge on any atom is -0.287 e. The largest absolute Gasteiger partial charge is 0.287 e. The Balaban J connectivity index is 2.31. The van der Waals surface area contributed by atoms with E-state index in [1.807, 2.05) is 24.3 Å². The van der Waals surface area contributed by atoms with Gasteiger partial charge >= 0.3 is 0 Å². The molecule has 0 spiro atoms. The molecule has 0 saturated heterocycles. The molecule has 1 aromatic heterocycles. The average Bonchev–Trinajstić information content (AvgIpc) is 2.72. The molecule has 1 atom stereocenters. The van der Waals surface area contributed by atoms with Gasteiger partial charge in [0.15, 0.2) is 5.12 Å². The second kappa shape index (κ2) is 5.65. The number of unbranched alkanes of at least 4 members (excludes halogenated alkanes) is 1. The Morgan fingerprint density at radius 2 is 2.24 bits per heavy atom. The van der Waals surface area contributed by atoms with Gasteiger partial charge in [-0.1, -0.05) is 31.9 Å². The lowest BCUT2D eigenvalue weighted by atomic mass is 10.0. The quantitative estimate of drug-likeness (QED) is 0.827. The van der Waals surface area contributed by atoms with Crippen molar-refractivity contribution in [3.63, 3.8) is 0 Å². The molecule has 0 aliphatic rings. The monoisotopic (exact) mass is 265 g/mol. The number of hydrogen-bond donors (Lipinski definition) is 1. The molecule has 1 aromatic carbocycles. The second-order valence-electron chi connectivity index (χ2n) is 4.05. The number of thiol groups is 1. The van der Waals surface area contributed by atoms with Crippen molar-refractivity contribution in [1.29, 1.82) is 0 Å². The highest BCUT2D eigenvalue weighted by Crippen LogP contribution is 2.31. The van der Waals surface area contributed by atoms with Crippen molar-refractivity contribution in [2.24, 2.45) is 0 Å². The maximum atomic E-state index is 11.6. The molecule has 0 radical (unpaired) electrons. The summed E-state index contributed by atoms with van der Waals surface area (Å²) in [5.74, 6) is -0.143. The highest BCUT2D eigenvalue weighted by Gasteiger charge is 2.20. The lowest BCUT2D eigenvalue weighted by Gasteiger charge is -2.08. The van der Waals surface area contributed by atoms with E-state index in [2.05, 4.69) is 24.5 Å². The summed E-state index contributed by atoms with van der Waals surface area (Å²) in [6, 6.07) is 7.98. The van der Waals surface area contributed by atoms with Gasteiger partial charge in [-0.15, -0.1) is 24.0 Å². The van der Waals surface area contributed by atoms with Gasteiger partial charge < -0.3 is 0 Å². The number of nitrogens with zero attached hydrogens (tertiary/aromatic N) is 1. The lowest BCUT2D eigenvalue weighted by molar-refractivity contribution is -0.112. The van der Waals surface area contributed by atoms with Crippen molar-refractivity contribution in [3.05, 3.63) is 29.3 Å². The molecule has 2 nitrogen and oxygen atoms in total. The van der Waals surface area contributed by atoms with Crippen LogP contribution in [0.15, 0.2) is 24.3 Å². The fourth-order valence-corrected chi connectivity index (χ4v) is 3.24. The number of carbonyl (C=O) groups excluding carboxylic acids is 1. The highest BCUT2D eigenvalue weighted by molar-refractivity contribution is 7.96. The van der Waals surface area contributed by atoms with Crippen molar-refractivity contribution >= 4 is 39.3 Å². The Labute approximate surface area is 110 Å². The van der Waals surface area contributed by atoms with Gasteiger partial charge in [0.2, 0.25) is 0 Å². The Bertz CT molecular complexity index is 488. The van der Waals surface area contributed by atoms with Gasteiger partial charge in [-0.25, -0.2) is 4.98 Å². The Morgan fingerprint density at radius 1 is 1.47 bits per heavy atom. The molecule has 0 aliphatic carbocycles. The Hall–Kier alpha value is -0.870. The summed E-state index contributed by atoms with van der Waals surface area (Å²) in [6.45, 7) is 2.12. The number of aromatic nitrogens is 1. The third kappa shape index (κ3) is 2.87. The zero-order valence-corrected chi connectivity index (χ0v) is 11.4. The first-order chi connectivity index (χ1) is 8.22. The van der Waals surface area contributed by atoms with E-state index < -0.39 is 0 Å². The second-order valence-corrected chi connectivity index (χ2v) is 5.56. The van der Waals surface area contributed by atoms with Gasteiger partial charge in [-0.3, -0.25) is 4.79 Å². The van der Waals surface area contributed by atoms with E-state index in [1.54, 1.807) is 11.3 Å². The summed E-state index contributed by atoms with van der Waals surface area (Å²) in [5.41, 5.74) is 0.976. The predicted molar refractivity (Wildman–Crippen MR) is 75.9 cm³/mol. The third-order valence-corrected chi connectivity index (χ3v) is 4.21. The van der Waals surface area contributed by atoms with Crippen molar-refractivity contribution in [3.8, 4) is 0 Å². The summed E-state index contributed by atoms with van der Waals surface area (Å²) in [4.78, 5) is 16.1. The number of thiazole rings is 1. The molecule has 0 amide bonds. The molecular formula is C13H15NOS2. The minimum absolute atomic E-state index is 0.0718. The number of benzene rings is 1. The van der Waals surface area contributed by atoms with Crippen molar-refractivity contribution in [2.45, 2.75) is 32.1 Å². The first-order valence-electron chi connectivity index (χ1n) is 5.80. The summed E-state index contributed by atoms with van der Waals surface area (Å²) >= 11 is 5.59. The maximum absolute atomic E-state index is 11.6. The molecule has 1 heterocycles. The van der Waals surface area contributed by atoms with Gasteiger partial charge in [-0.2, -0.15) is 0 Å². The van der Waals surface area contributed by atoms with Crippen LogP contribution in [-0.4, -0.2) is 10.1 Å². The third-order valence-electron chi connectivity index (χ3n) is 2.75. The number of fused-ring (bicyclic) bond motifs is 1. The molecule has 2 aromatic rings. The molecule has 2 rings (SSSR count). The summed E-state index contributed by atoms with van der Waals surface area (Å²) < 4.78 is 1.14. The standard InChI is InChI=1S/C13H15NOS2/c1-2-3-6-9(13(15)16)12-14-10-7-4-5-8-11(10)17-12/h4-5,7-9H,2-3,6H2,1H3,(H,15,16). The molecule has 90 valence electrons. The van der Waals surface area contributed by atoms with E-state index in [0.717, 1.165) is 34.5 Å². The van der Waals surface area contributed by atoms with Crippen LogP contribution in [0, 0.1) is 0 Å². The van der Waals surface area contributed by atoms with Crippen LogP contribution in [0.4, 0.5) is 0 Å². The van der Waals surface area contributed by atoms with Crippen molar-refractivity contribution < 1.29 is 4.79 Å². The smallest absolute Gasteiger partial charge is 0.195 e. The Morgan fingerprint density at radius 3 is 2.88 bits per heavy atom. The molecule has 0 bridgehead atoms. The summed E-state index contributed by atoms with van der Waals surface area (Å²) in [5, 5.41) is 0.831. The maximum Gasteiger partial charge on any atom is 0.195 e. The number of carbonyl (C=O) groups is 1. The van der Waals surface area contributed by atoms with E-state index in [9.17, 15) is 4.79 Å². The number of para-hydroxylation sites is 1. The zero-order chi connectivity index (χ0) is 12.3. The topological polar surface area (TPSA) is 30.0 Å². The lowest BCUT2D eigenvalue weighted by Crippen LogP contribution is -2.06. The first kappa shape index (κ1) is 12.6. The van der Waals surface area contributed by atoms with E-state index in [1.165, 1.54) is 0 Å². The molecular weight excluding hydrogens is 250 g/mol. The zero-order valence-electron chi connectivity index (χ0n) is 9.72.